The first-order valence-electron chi connectivity index (χ1n) is 21.3. The van der Waals surface area contributed by atoms with Crippen molar-refractivity contribution in [1.82, 2.24) is 14.9 Å². The molecule has 8 rings (SSSR count). The molecule has 0 bridgehead atoms. The van der Waals surface area contributed by atoms with E-state index >= 15 is 4.79 Å². The molecule has 1 amide bonds. The number of benzene rings is 1. The Balaban J connectivity index is 1.09. The molecule has 1 saturated heterocycles. The number of methoxy groups -OCH3 is 1. The maximum atomic E-state index is 15.5. The predicted molar refractivity (Wildman–Crippen MR) is 209 cm³/mol. The van der Waals surface area contributed by atoms with Crippen LogP contribution in [0.5, 0.6) is 5.75 Å². The standard InChI is InChI=1S/C46H67N3O4/c1-28(2)32-18-23-46(41(51)49-26-10-11-35(49)40-47-27-34(48-40)30-12-14-31(52-9)15-13-30)25-24-44(7)33(39(32)46)16-17-37-43(6)21-20-38(53-29(3)50)42(4,5)36(43)19-22-45(37,44)8/h12-15,27-28,32-33,35-39H,10-11,16-26H2,1-9H3,(H,47,48). The summed E-state index contributed by atoms with van der Waals surface area (Å²) < 4.78 is 11.4. The van der Waals surface area contributed by atoms with Crippen molar-refractivity contribution in [2.75, 3.05) is 13.7 Å². The Morgan fingerprint density at radius 3 is 2.32 bits per heavy atom. The van der Waals surface area contributed by atoms with Crippen molar-refractivity contribution in [3.8, 4) is 17.0 Å². The average Bonchev–Trinajstić information content (AvgIpc) is 3.89. The van der Waals surface area contributed by atoms with Gasteiger partial charge in [0.25, 0.3) is 0 Å². The number of likely N-dealkylation sites (tertiary alicyclic amines) is 1. The van der Waals surface area contributed by atoms with Crippen LogP contribution in [0.2, 0.25) is 0 Å². The van der Waals surface area contributed by atoms with Gasteiger partial charge in [0.15, 0.2) is 0 Å². The molecular weight excluding hydrogens is 659 g/mol. The quantitative estimate of drug-likeness (QED) is 0.300. The number of aromatic amines is 1. The summed E-state index contributed by atoms with van der Waals surface area (Å²) in [4.78, 5) is 38.5. The van der Waals surface area contributed by atoms with E-state index in [2.05, 4.69) is 70.5 Å². The van der Waals surface area contributed by atoms with Crippen molar-refractivity contribution in [3.63, 3.8) is 0 Å². The minimum absolute atomic E-state index is 0.00452. The maximum absolute atomic E-state index is 15.5. The molecule has 7 heteroatoms. The first kappa shape index (κ1) is 37.1. The number of rotatable bonds is 6. The van der Waals surface area contributed by atoms with Crippen molar-refractivity contribution >= 4 is 11.9 Å². The smallest absolute Gasteiger partial charge is 0.302 e. The third-order valence-corrected chi connectivity index (χ3v) is 17.8. The fraction of sp³-hybridized carbons (Fsp3) is 0.761. The number of amides is 1. The summed E-state index contributed by atoms with van der Waals surface area (Å²) in [5.41, 5.74) is 2.42. The Bertz CT molecular complexity index is 1710. The number of hydrogen-bond acceptors (Lipinski definition) is 5. The van der Waals surface area contributed by atoms with E-state index in [0.29, 0.717) is 41.4 Å². The zero-order valence-corrected chi connectivity index (χ0v) is 34.2. The molecule has 6 aliphatic rings. The lowest BCUT2D eigenvalue weighted by molar-refractivity contribution is -0.251. The summed E-state index contributed by atoms with van der Waals surface area (Å²) >= 11 is 0. The van der Waals surface area contributed by atoms with Crippen LogP contribution in [0.1, 0.15) is 144 Å². The molecule has 0 radical (unpaired) electrons. The van der Waals surface area contributed by atoms with Crippen LogP contribution in [0.4, 0.5) is 0 Å². The molecule has 5 saturated carbocycles. The molecule has 7 nitrogen and oxygen atoms in total. The molecule has 2 aromatic rings. The highest BCUT2D eigenvalue weighted by Gasteiger charge is 2.72. The Hall–Kier alpha value is -2.83. The van der Waals surface area contributed by atoms with Crippen LogP contribution in [-0.2, 0) is 14.3 Å². The van der Waals surface area contributed by atoms with Crippen LogP contribution in [0.3, 0.4) is 0 Å². The second-order valence-corrected chi connectivity index (χ2v) is 20.3. The van der Waals surface area contributed by atoms with Crippen LogP contribution in [-0.4, -0.2) is 46.5 Å². The number of hydrogen-bond donors (Lipinski definition) is 1. The van der Waals surface area contributed by atoms with E-state index in [1.807, 2.05) is 18.3 Å². The van der Waals surface area contributed by atoms with E-state index in [9.17, 15) is 4.79 Å². The lowest BCUT2D eigenvalue weighted by Gasteiger charge is -2.73. The molecule has 1 aliphatic heterocycles. The highest BCUT2D eigenvalue weighted by Crippen LogP contribution is 2.78. The lowest BCUT2D eigenvalue weighted by atomic mass is 9.32. The second-order valence-electron chi connectivity index (χ2n) is 20.3. The monoisotopic (exact) mass is 726 g/mol. The Kier molecular flexibility index (Phi) is 9.01. The number of nitrogens with zero attached hydrogens (tertiary/aromatic N) is 2. The van der Waals surface area contributed by atoms with Gasteiger partial charge in [-0.05, 0) is 159 Å². The normalized spacial score (nSPS) is 41.6. The summed E-state index contributed by atoms with van der Waals surface area (Å²) in [7, 11) is 1.69. The van der Waals surface area contributed by atoms with Crippen LogP contribution in [0.25, 0.3) is 11.3 Å². The maximum Gasteiger partial charge on any atom is 0.302 e. The Morgan fingerprint density at radius 1 is 0.868 bits per heavy atom. The molecule has 0 spiro atoms. The third-order valence-electron chi connectivity index (χ3n) is 17.8. The molecule has 11 atom stereocenters. The van der Waals surface area contributed by atoms with Gasteiger partial charge in [-0.2, -0.15) is 0 Å². The fourth-order valence-electron chi connectivity index (χ4n) is 15.2. The van der Waals surface area contributed by atoms with Crippen molar-refractivity contribution in [3.05, 3.63) is 36.3 Å². The van der Waals surface area contributed by atoms with Gasteiger partial charge in [-0.15, -0.1) is 0 Å². The highest BCUT2D eigenvalue weighted by atomic mass is 16.5. The van der Waals surface area contributed by atoms with E-state index in [1.54, 1.807) is 14.0 Å². The van der Waals surface area contributed by atoms with Gasteiger partial charge >= 0.3 is 5.97 Å². The van der Waals surface area contributed by atoms with Gasteiger partial charge in [0.2, 0.25) is 5.91 Å². The number of carbonyl (C=O) groups is 2. The van der Waals surface area contributed by atoms with Crippen molar-refractivity contribution in [2.45, 2.75) is 145 Å². The van der Waals surface area contributed by atoms with Gasteiger partial charge in [-0.3, -0.25) is 9.59 Å². The lowest BCUT2D eigenvalue weighted by Crippen LogP contribution is -2.67. The zero-order chi connectivity index (χ0) is 37.7. The number of fused-ring (bicyclic) bond motifs is 7. The van der Waals surface area contributed by atoms with E-state index in [0.717, 1.165) is 74.3 Å². The molecule has 2 heterocycles. The van der Waals surface area contributed by atoms with Crippen molar-refractivity contribution in [2.24, 2.45) is 62.6 Å². The number of aromatic nitrogens is 2. The van der Waals surface area contributed by atoms with Crippen LogP contribution in [0, 0.1) is 62.6 Å². The topological polar surface area (TPSA) is 84.5 Å². The van der Waals surface area contributed by atoms with Crippen molar-refractivity contribution in [1.29, 1.82) is 0 Å². The average molecular weight is 726 g/mol. The number of esters is 1. The molecule has 5 aliphatic carbocycles. The van der Waals surface area contributed by atoms with E-state index < -0.39 is 0 Å². The van der Waals surface area contributed by atoms with Gasteiger partial charge in [0, 0.05) is 18.9 Å². The van der Waals surface area contributed by atoms with Gasteiger partial charge < -0.3 is 19.4 Å². The van der Waals surface area contributed by atoms with E-state index in [-0.39, 0.29) is 45.2 Å². The minimum atomic E-state index is -0.276. The first-order valence-corrected chi connectivity index (χ1v) is 21.3. The van der Waals surface area contributed by atoms with Gasteiger partial charge in [0.1, 0.15) is 17.7 Å². The number of nitrogens with one attached hydrogen (secondary N) is 1. The summed E-state index contributed by atoms with van der Waals surface area (Å²) in [5, 5.41) is 0. The molecule has 53 heavy (non-hydrogen) atoms. The summed E-state index contributed by atoms with van der Waals surface area (Å²) in [6, 6.07) is 8.11. The SMILES string of the molecule is COc1ccc(-c2cnc(C3CCCN3C(=O)C34CCC(C(C)C)C3C3CCC5C6(C)CCC(OC(C)=O)C(C)(C)C6CCC5(C)C3(C)CC4)[nH]2)cc1. The van der Waals surface area contributed by atoms with Crippen LogP contribution in [0.15, 0.2) is 30.5 Å². The first-order chi connectivity index (χ1) is 25.1. The highest BCUT2D eigenvalue weighted by molar-refractivity contribution is 5.84. The van der Waals surface area contributed by atoms with Gasteiger partial charge in [0.05, 0.1) is 30.5 Å². The number of carbonyl (C=O) groups excluding carboxylic acids is 2. The minimum Gasteiger partial charge on any atom is -0.497 e. The van der Waals surface area contributed by atoms with E-state index in [4.69, 9.17) is 14.5 Å². The molecular formula is C46H67N3O4. The van der Waals surface area contributed by atoms with Crippen LogP contribution < -0.4 is 4.74 Å². The van der Waals surface area contributed by atoms with Crippen LogP contribution >= 0.6 is 0 Å². The van der Waals surface area contributed by atoms with Crippen molar-refractivity contribution < 1.29 is 19.1 Å². The predicted octanol–water partition coefficient (Wildman–Crippen LogP) is 10.4. The third kappa shape index (κ3) is 5.34. The molecule has 1 aromatic carbocycles. The largest absolute Gasteiger partial charge is 0.497 e. The van der Waals surface area contributed by atoms with E-state index in [1.165, 1.54) is 32.1 Å². The number of imidazole rings is 1. The Labute approximate surface area is 319 Å². The zero-order valence-electron chi connectivity index (χ0n) is 34.2. The summed E-state index contributed by atoms with van der Waals surface area (Å²) in [6.45, 7) is 20.1. The summed E-state index contributed by atoms with van der Waals surface area (Å²) in [5.74, 6) is 5.41. The molecule has 11 unspecified atom stereocenters. The molecule has 1 aromatic heterocycles. The number of ether oxygens (including phenoxy) is 2. The van der Waals surface area contributed by atoms with Gasteiger partial charge in [-0.1, -0.05) is 48.5 Å². The number of H-pyrrole nitrogens is 1. The molecule has 290 valence electrons. The Morgan fingerprint density at radius 2 is 1.62 bits per heavy atom. The van der Waals surface area contributed by atoms with Gasteiger partial charge in [-0.25, -0.2) is 4.98 Å². The second kappa shape index (κ2) is 12.9. The fourth-order valence-corrected chi connectivity index (χ4v) is 15.2. The molecule has 6 fully saturated rings. The molecule has 1 N–H and O–H groups in total. The summed E-state index contributed by atoms with van der Waals surface area (Å²) in [6.07, 6.45) is 15.4.